The van der Waals surface area contributed by atoms with Crippen molar-refractivity contribution in [2.24, 2.45) is 0 Å². The molecule has 0 bridgehead atoms. The van der Waals surface area contributed by atoms with E-state index in [1.807, 2.05) is 0 Å². The molecule has 1 aromatic carbocycles. The van der Waals surface area contributed by atoms with E-state index in [2.05, 4.69) is 20.6 Å². The molecule has 184 valence electrons. The summed E-state index contributed by atoms with van der Waals surface area (Å²) < 4.78 is 59.0. The van der Waals surface area contributed by atoms with Crippen LogP contribution in [0.4, 0.5) is 23.4 Å². The van der Waals surface area contributed by atoms with Crippen LogP contribution in [-0.2, 0) is 28.7 Å². The lowest BCUT2D eigenvalue weighted by atomic mass is 10.0. The monoisotopic (exact) mass is 480 g/mol. The SMILES string of the molecule is Cc1nc(CC(=O)NC2(CF)CC2)c(C2CCCO2)c(NCc2cccc(C(F)(F)F)c2C)n1. The zero-order chi connectivity index (χ0) is 24.5. The molecule has 34 heavy (non-hydrogen) atoms. The van der Waals surface area contributed by atoms with E-state index < -0.39 is 24.0 Å². The number of benzene rings is 1. The Bertz CT molecular complexity index is 1060. The number of amides is 1. The van der Waals surface area contributed by atoms with Gasteiger partial charge in [-0.3, -0.25) is 4.79 Å². The maximum atomic E-state index is 13.3. The second kappa shape index (κ2) is 9.48. The Hall–Kier alpha value is -2.75. The highest BCUT2D eigenvalue weighted by Crippen LogP contribution is 2.38. The molecule has 1 aliphatic carbocycles. The zero-order valence-corrected chi connectivity index (χ0v) is 19.2. The summed E-state index contributed by atoms with van der Waals surface area (Å²) in [4.78, 5) is 21.6. The molecule has 1 atom stereocenters. The van der Waals surface area contributed by atoms with E-state index in [-0.39, 0.29) is 30.5 Å². The van der Waals surface area contributed by atoms with Gasteiger partial charge in [-0.25, -0.2) is 14.4 Å². The van der Waals surface area contributed by atoms with E-state index in [1.165, 1.54) is 13.0 Å². The molecule has 0 spiro atoms. The minimum Gasteiger partial charge on any atom is -0.373 e. The quantitative estimate of drug-likeness (QED) is 0.534. The van der Waals surface area contributed by atoms with Crippen molar-refractivity contribution in [3.8, 4) is 0 Å². The Labute approximate surface area is 195 Å². The topological polar surface area (TPSA) is 76.1 Å². The van der Waals surface area contributed by atoms with Crippen LogP contribution in [0.3, 0.4) is 0 Å². The van der Waals surface area contributed by atoms with Gasteiger partial charge in [-0.05, 0) is 56.7 Å². The third-order valence-electron chi connectivity index (χ3n) is 6.43. The number of aromatic nitrogens is 2. The maximum absolute atomic E-state index is 13.3. The minimum atomic E-state index is -4.44. The number of carbonyl (C=O) groups excluding carboxylic acids is 1. The van der Waals surface area contributed by atoms with Gasteiger partial charge in [-0.1, -0.05) is 12.1 Å². The van der Waals surface area contributed by atoms with Crippen molar-refractivity contribution in [3.63, 3.8) is 0 Å². The van der Waals surface area contributed by atoms with Crippen LogP contribution < -0.4 is 10.6 Å². The van der Waals surface area contributed by atoms with Crippen molar-refractivity contribution in [2.75, 3.05) is 18.6 Å². The number of nitrogens with one attached hydrogen (secondary N) is 2. The molecule has 2 N–H and O–H groups in total. The number of aryl methyl sites for hydroxylation is 1. The number of alkyl halides is 4. The minimum absolute atomic E-state index is 0.0580. The molecule has 1 amide bonds. The third kappa shape index (κ3) is 5.32. The van der Waals surface area contributed by atoms with E-state index in [0.717, 1.165) is 12.5 Å². The van der Waals surface area contributed by atoms with E-state index >= 15 is 0 Å². The van der Waals surface area contributed by atoms with E-state index in [4.69, 9.17) is 4.74 Å². The summed E-state index contributed by atoms with van der Waals surface area (Å²) in [5.41, 5.74) is 0.313. The van der Waals surface area contributed by atoms with Crippen LogP contribution in [0.25, 0.3) is 0 Å². The molecule has 2 aromatic rings. The number of carbonyl (C=O) groups is 1. The van der Waals surface area contributed by atoms with Crippen molar-refractivity contribution in [3.05, 3.63) is 52.0 Å². The standard InChI is InChI=1S/C24H28F4N4O2/c1-14-16(5-3-6-17(14)24(26,27)28)12-29-22-21(19-7-4-10-34-19)18(30-15(2)31-22)11-20(33)32-23(13-25)8-9-23/h3,5-6,19H,4,7-13H2,1-2H3,(H,32,33)(H,29,30,31). The molecule has 2 aliphatic rings. The lowest BCUT2D eigenvalue weighted by Gasteiger charge is -2.21. The smallest absolute Gasteiger partial charge is 0.373 e. The summed E-state index contributed by atoms with van der Waals surface area (Å²) in [6, 6.07) is 4.08. The van der Waals surface area contributed by atoms with Gasteiger partial charge in [0.15, 0.2) is 0 Å². The normalized spacial score (nSPS) is 19.2. The summed E-state index contributed by atoms with van der Waals surface area (Å²) in [5, 5.41) is 5.93. The molecule has 1 saturated heterocycles. The first-order valence-electron chi connectivity index (χ1n) is 11.4. The average molecular weight is 481 g/mol. The molecule has 10 heteroatoms. The molecule has 1 aliphatic heterocycles. The van der Waals surface area contributed by atoms with Gasteiger partial charge in [0, 0.05) is 18.7 Å². The first kappa shape index (κ1) is 24.4. The van der Waals surface area contributed by atoms with Crippen LogP contribution in [0, 0.1) is 13.8 Å². The number of hydrogen-bond donors (Lipinski definition) is 2. The van der Waals surface area contributed by atoms with Crippen molar-refractivity contribution >= 4 is 11.7 Å². The van der Waals surface area contributed by atoms with Gasteiger partial charge in [0.25, 0.3) is 0 Å². The van der Waals surface area contributed by atoms with Gasteiger partial charge >= 0.3 is 6.18 Å². The van der Waals surface area contributed by atoms with Gasteiger partial charge in [0.1, 0.15) is 18.3 Å². The highest BCUT2D eigenvalue weighted by atomic mass is 19.4. The second-order valence-electron chi connectivity index (χ2n) is 9.06. The average Bonchev–Trinajstić information content (AvgIpc) is 3.32. The molecule has 1 aromatic heterocycles. The third-order valence-corrected chi connectivity index (χ3v) is 6.43. The number of anilines is 1. The van der Waals surface area contributed by atoms with Gasteiger partial charge in [0.2, 0.25) is 5.91 Å². The highest BCUT2D eigenvalue weighted by Gasteiger charge is 2.44. The lowest BCUT2D eigenvalue weighted by Crippen LogP contribution is -2.39. The van der Waals surface area contributed by atoms with Crippen LogP contribution in [0.15, 0.2) is 18.2 Å². The summed E-state index contributed by atoms with van der Waals surface area (Å²) in [6.45, 7) is 3.19. The Kier molecular flexibility index (Phi) is 6.80. The number of nitrogens with zero attached hydrogens (tertiary/aromatic N) is 2. The number of ether oxygens (including phenoxy) is 1. The van der Waals surface area contributed by atoms with Crippen LogP contribution in [0.5, 0.6) is 0 Å². The number of hydrogen-bond acceptors (Lipinski definition) is 5. The van der Waals surface area contributed by atoms with Crippen molar-refractivity contribution in [2.45, 2.75) is 70.3 Å². The Morgan fingerprint density at radius 3 is 2.62 bits per heavy atom. The van der Waals surface area contributed by atoms with Gasteiger partial charge in [-0.15, -0.1) is 0 Å². The lowest BCUT2D eigenvalue weighted by molar-refractivity contribution is -0.138. The molecular weight excluding hydrogens is 452 g/mol. The largest absolute Gasteiger partial charge is 0.416 e. The van der Waals surface area contributed by atoms with Gasteiger partial charge in [0.05, 0.1) is 29.3 Å². The predicted octanol–water partition coefficient (Wildman–Crippen LogP) is 4.74. The highest BCUT2D eigenvalue weighted by molar-refractivity contribution is 5.80. The molecule has 0 radical (unpaired) electrons. The van der Waals surface area contributed by atoms with E-state index in [9.17, 15) is 22.4 Å². The summed E-state index contributed by atoms with van der Waals surface area (Å²) in [7, 11) is 0. The van der Waals surface area contributed by atoms with Crippen LogP contribution >= 0.6 is 0 Å². The van der Waals surface area contributed by atoms with Gasteiger partial charge in [-0.2, -0.15) is 13.2 Å². The molecule has 1 saturated carbocycles. The Morgan fingerprint density at radius 1 is 1.24 bits per heavy atom. The van der Waals surface area contributed by atoms with E-state index in [0.29, 0.717) is 54.3 Å². The van der Waals surface area contributed by atoms with E-state index in [1.54, 1.807) is 13.0 Å². The van der Waals surface area contributed by atoms with Crippen molar-refractivity contribution in [1.82, 2.24) is 15.3 Å². The van der Waals surface area contributed by atoms with Crippen molar-refractivity contribution < 1.29 is 27.1 Å². The summed E-state index contributed by atoms with van der Waals surface area (Å²) in [6.07, 6.45) is -2.05. The maximum Gasteiger partial charge on any atom is 0.416 e. The predicted molar refractivity (Wildman–Crippen MR) is 118 cm³/mol. The van der Waals surface area contributed by atoms with Crippen LogP contribution in [0.2, 0.25) is 0 Å². The fourth-order valence-electron chi connectivity index (χ4n) is 4.35. The van der Waals surface area contributed by atoms with Crippen LogP contribution in [-0.4, -0.2) is 34.7 Å². The summed E-state index contributed by atoms with van der Waals surface area (Å²) >= 11 is 0. The first-order valence-corrected chi connectivity index (χ1v) is 11.4. The molecule has 2 fully saturated rings. The fourth-order valence-corrected chi connectivity index (χ4v) is 4.35. The van der Waals surface area contributed by atoms with Gasteiger partial charge < -0.3 is 15.4 Å². The zero-order valence-electron chi connectivity index (χ0n) is 19.2. The Morgan fingerprint density at radius 2 is 2.00 bits per heavy atom. The molecule has 2 heterocycles. The number of halogens is 4. The number of rotatable bonds is 8. The molecule has 1 unspecified atom stereocenters. The first-order chi connectivity index (χ1) is 16.1. The molecular formula is C24H28F4N4O2. The second-order valence-corrected chi connectivity index (χ2v) is 9.06. The Balaban J connectivity index is 1.61. The van der Waals surface area contributed by atoms with Crippen LogP contribution in [0.1, 0.15) is 65.6 Å². The molecule has 4 rings (SSSR count). The fraction of sp³-hybridized carbons (Fsp3) is 0.542. The molecule has 6 nitrogen and oxygen atoms in total. The van der Waals surface area contributed by atoms with Crippen molar-refractivity contribution in [1.29, 1.82) is 0 Å². The summed E-state index contributed by atoms with van der Waals surface area (Å²) in [5.74, 6) is 0.525.